The van der Waals surface area contributed by atoms with E-state index in [1.807, 2.05) is 54.6 Å². The van der Waals surface area contributed by atoms with Crippen LogP contribution in [0.15, 0.2) is 84.9 Å². The van der Waals surface area contributed by atoms with Gasteiger partial charge < -0.3 is 10.4 Å². The van der Waals surface area contributed by atoms with E-state index < -0.39 is 17.5 Å². The van der Waals surface area contributed by atoms with Crippen LogP contribution in [0, 0.1) is 0 Å². The molecule has 0 unspecified atom stereocenters. The normalized spacial score (nSPS) is 12.8. The van der Waals surface area contributed by atoms with Crippen LogP contribution in [-0.4, -0.2) is 22.6 Å². The van der Waals surface area contributed by atoms with Crippen LogP contribution in [-0.2, 0) is 11.2 Å². The van der Waals surface area contributed by atoms with E-state index in [9.17, 15) is 14.7 Å². The molecule has 3 aromatic carbocycles. The molecule has 0 aromatic heterocycles. The summed E-state index contributed by atoms with van der Waals surface area (Å²) in [5, 5.41) is 12.2. The monoisotopic (exact) mass is 360 g/mol. The van der Waals surface area contributed by atoms with Gasteiger partial charge in [-0.25, -0.2) is 4.79 Å². The van der Waals surface area contributed by atoms with Gasteiger partial charge in [0.2, 0.25) is 0 Å². The maximum atomic E-state index is 12.5. The summed E-state index contributed by atoms with van der Waals surface area (Å²) in [5.74, 6) is -1.83. The van der Waals surface area contributed by atoms with Gasteiger partial charge in [-0.3, -0.25) is 10.5 Å². The lowest BCUT2D eigenvalue weighted by Crippen LogP contribution is -2.63. The Bertz CT molecular complexity index is 942. The molecule has 0 aliphatic rings. The van der Waals surface area contributed by atoms with Gasteiger partial charge in [0.1, 0.15) is 0 Å². The fourth-order valence-corrected chi connectivity index (χ4v) is 2.91. The van der Waals surface area contributed by atoms with Gasteiger partial charge in [-0.1, -0.05) is 72.8 Å². The van der Waals surface area contributed by atoms with Gasteiger partial charge >= 0.3 is 5.97 Å². The van der Waals surface area contributed by atoms with E-state index in [0.717, 1.165) is 16.7 Å². The van der Waals surface area contributed by atoms with Crippen molar-refractivity contribution in [2.75, 3.05) is 0 Å². The first kappa shape index (κ1) is 18.4. The van der Waals surface area contributed by atoms with Crippen molar-refractivity contribution in [3.63, 3.8) is 0 Å². The lowest BCUT2D eigenvalue weighted by atomic mass is 9.92. The number of carbonyl (C=O) groups is 2. The predicted molar refractivity (Wildman–Crippen MR) is 104 cm³/mol. The van der Waals surface area contributed by atoms with Crippen molar-refractivity contribution < 1.29 is 14.7 Å². The van der Waals surface area contributed by atoms with Crippen LogP contribution in [0.4, 0.5) is 0 Å². The summed E-state index contributed by atoms with van der Waals surface area (Å²) in [6.45, 7) is 0. The summed E-state index contributed by atoms with van der Waals surface area (Å²) in [5.41, 5.74) is 7.12. The van der Waals surface area contributed by atoms with E-state index in [4.69, 9.17) is 5.73 Å². The Hall–Kier alpha value is -3.44. The molecule has 1 atom stereocenters. The second-order valence-electron chi connectivity index (χ2n) is 6.30. The third kappa shape index (κ3) is 4.22. The molecule has 5 nitrogen and oxygen atoms in total. The Kier molecular flexibility index (Phi) is 5.33. The Morgan fingerprint density at radius 2 is 1.41 bits per heavy atom. The number of carbonyl (C=O) groups excluding carboxylic acids is 1. The summed E-state index contributed by atoms with van der Waals surface area (Å²) in [6, 6.07) is 25.5. The molecule has 0 aliphatic heterocycles. The van der Waals surface area contributed by atoms with Gasteiger partial charge in [0.05, 0.1) is 0 Å². The summed E-state index contributed by atoms with van der Waals surface area (Å²) in [4.78, 5) is 24.4. The van der Waals surface area contributed by atoms with Crippen LogP contribution < -0.4 is 11.1 Å². The third-order valence-electron chi connectivity index (χ3n) is 4.33. The number of hydrogen-bond acceptors (Lipinski definition) is 3. The molecule has 0 aliphatic carbocycles. The van der Waals surface area contributed by atoms with E-state index >= 15 is 0 Å². The first-order valence-electron chi connectivity index (χ1n) is 8.53. The Morgan fingerprint density at radius 3 is 2.04 bits per heavy atom. The van der Waals surface area contributed by atoms with Crippen molar-refractivity contribution >= 4 is 11.9 Å². The second-order valence-corrected chi connectivity index (χ2v) is 6.30. The van der Waals surface area contributed by atoms with Crippen molar-refractivity contribution in [3.8, 4) is 11.1 Å². The minimum Gasteiger partial charge on any atom is -0.478 e. The van der Waals surface area contributed by atoms with Gasteiger partial charge in [-0.2, -0.15) is 0 Å². The molecule has 136 valence electrons. The van der Waals surface area contributed by atoms with Crippen LogP contribution in [0.5, 0.6) is 0 Å². The zero-order valence-corrected chi connectivity index (χ0v) is 14.6. The molecular formula is C22H20N2O3. The largest absolute Gasteiger partial charge is 0.478 e. The molecule has 0 saturated heterocycles. The highest BCUT2D eigenvalue weighted by atomic mass is 16.4. The molecule has 5 heteroatoms. The number of nitrogens with one attached hydrogen (secondary N) is 1. The first-order valence-corrected chi connectivity index (χ1v) is 8.53. The molecule has 0 radical (unpaired) electrons. The minimum absolute atomic E-state index is 0.0496. The van der Waals surface area contributed by atoms with Gasteiger partial charge in [-0.15, -0.1) is 0 Å². The van der Waals surface area contributed by atoms with Crippen molar-refractivity contribution in [1.82, 2.24) is 5.32 Å². The van der Waals surface area contributed by atoms with Crippen molar-refractivity contribution in [2.45, 2.75) is 12.1 Å². The number of nitrogens with two attached hydrogens (primary N) is 1. The molecule has 1 amide bonds. The summed E-state index contributed by atoms with van der Waals surface area (Å²) in [6.07, 6.45) is -0.0496. The molecule has 3 rings (SSSR count). The number of amides is 1. The van der Waals surface area contributed by atoms with Gasteiger partial charge in [0, 0.05) is 12.0 Å². The van der Waals surface area contributed by atoms with E-state index in [1.54, 1.807) is 30.3 Å². The second kappa shape index (κ2) is 7.85. The zero-order valence-electron chi connectivity index (χ0n) is 14.6. The fraction of sp³-hybridized carbons (Fsp3) is 0.0909. The first-order chi connectivity index (χ1) is 13.0. The van der Waals surface area contributed by atoms with Crippen LogP contribution in [0.3, 0.4) is 0 Å². The highest BCUT2D eigenvalue weighted by molar-refractivity contribution is 5.97. The van der Waals surface area contributed by atoms with E-state index in [1.165, 1.54) is 0 Å². The van der Waals surface area contributed by atoms with Crippen molar-refractivity contribution in [3.05, 3.63) is 96.1 Å². The van der Waals surface area contributed by atoms with Crippen molar-refractivity contribution in [2.24, 2.45) is 5.73 Å². The van der Waals surface area contributed by atoms with Crippen LogP contribution >= 0.6 is 0 Å². The lowest BCUT2D eigenvalue weighted by molar-refractivity contribution is -0.144. The Labute approximate surface area is 157 Å². The number of carboxylic acids is 1. The lowest BCUT2D eigenvalue weighted by Gasteiger charge is -2.27. The predicted octanol–water partition coefficient (Wildman–Crippen LogP) is 3.07. The quantitative estimate of drug-likeness (QED) is 0.589. The van der Waals surface area contributed by atoms with E-state index in [-0.39, 0.29) is 6.42 Å². The van der Waals surface area contributed by atoms with E-state index in [0.29, 0.717) is 5.56 Å². The average Bonchev–Trinajstić information content (AvgIpc) is 2.69. The molecule has 0 fully saturated rings. The smallest absolute Gasteiger partial charge is 0.344 e. The molecule has 4 N–H and O–H groups in total. The SMILES string of the molecule is N[C@](Cc1ccccc1-c1ccccc1)(NC(=O)c1ccccc1)C(=O)O. The number of carboxylic acid groups (broad SMARTS) is 1. The highest BCUT2D eigenvalue weighted by Crippen LogP contribution is 2.25. The maximum Gasteiger partial charge on any atom is 0.344 e. The molecule has 3 aromatic rings. The molecule has 0 heterocycles. The van der Waals surface area contributed by atoms with Gasteiger partial charge in [-0.05, 0) is 28.8 Å². The fourth-order valence-electron chi connectivity index (χ4n) is 2.91. The standard InChI is InChI=1S/C22H20N2O3/c23-22(21(26)27,24-20(25)17-11-5-2-6-12-17)15-18-13-7-8-14-19(18)16-9-3-1-4-10-16/h1-14H,15,23H2,(H,24,25)(H,26,27)/t22-/m1/s1. The van der Waals surface area contributed by atoms with E-state index in [2.05, 4.69) is 5.32 Å². The van der Waals surface area contributed by atoms with Crippen LogP contribution in [0.1, 0.15) is 15.9 Å². The Morgan fingerprint density at radius 1 is 0.852 bits per heavy atom. The zero-order chi connectivity index (χ0) is 19.3. The number of benzene rings is 3. The van der Waals surface area contributed by atoms with Gasteiger partial charge in [0.25, 0.3) is 5.91 Å². The number of hydrogen-bond donors (Lipinski definition) is 3. The summed E-state index contributed by atoms with van der Waals surface area (Å²) >= 11 is 0. The van der Waals surface area contributed by atoms with Crippen LogP contribution in [0.2, 0.25) is 0 Å². The molecular weight excluding hydrogens is 340 g/mol. The summed E-state index contributed by atoms with van der Waals surface area (Å²) in [7, 11) is 0. The summed E-state index contributed by atoms with van der Waals surface area (Å²) < 4.78 is 0. The molecule has 0 spiro atoms. The minimum atomic E-state index is -1.93. The molecule has 0 saturated carbocycles. The van der Waals surface area contributed by atoms with Crippen LogP contribution in [0.25, 0.3) is 11.1 Å². The maximum absolute atomic E-state index is 12.5. The Balaban J connectivity index is 1.91. The van der Waals surface area contributed by atoms with Gasteiger partial charge in [0.15, 0.2) is 5.66 Å². The van der Waals surface area contributed by atoms with Crippen molar-refractivity contribution in [1.29, 1.82) is 0 Å². The third-order valence-corrected chi connectivity index (χ3v) is 4.33. The molecule has 0 bridgehead atoms. The number of aliphatic carboxylic acids is 1. The highest BCUT2D eigenvalue weighted by Gasteiger charge is 2.37. The number of rotatable bonds is 6. The molecule has 27 heavy (non-hydrogen) atoms. The topological polar surface area (TPSA) is 92.4 Å². The average molecular weight is 360 g/mol.